The zero-order valence-corrected chi connectivity index (χ0v) is 9.71. The fourth-order valence-electron chi connectivity index (χ4n) is 1.83. The van der Waals surface area contributed by atoms with Crippen molar-refractivity contribution in [2.45, 2.75) is 13.0 Å². The Labute approximate surface area is 99.5 Å². The first-order valence-electron chi connectivity index (χ1n) is 5.32. The van der Waals surface area contributed by atoms with Gasteiger partial charge in [-0.2, -0.15) is 0 Å². The predicted octanol–water partition coefficient (Wildman–Crippen LogP) is 1.68. The molecule has 1 aromatic carbocycles. The number of carbonyl (C=O) groups excluding carboxylic acids is 2. The van der Waals surface area contributed by atoms with E-state index >= 15 is 0 Å². The van der Waals surface area contributed by atoms with Gasteiger partial charge >= 0.3 is 0 Å². The van der Waals surface area contributed by atoms with E-state index in [-0.39, 0.29) is 17.9 Å². The Kier molecular flexibility index (Phi) is 2.95. The number of imide groups is 1. The van der Waals surface area contributed by atoms with Gasteiger partial charge in [0.15, 0.2) is 0 Å². The van der Waals surface area contributed by atoms with E-state index < -0.39 is 0 Å². The van der Waals surface area contributed by atoms with E-state index in [0.717, 1.165) is 11.3 Å². The first-order chi connectivity index (χ1) is 8.13. The summed E-state index contributed by atoms with van der Waals surface area (Å²) in [5.74, 6) is 0.217. The molecule has 1 heterocycles. The van der Waals surface area contributed by atoms with Gasteiger partial charge in [0, 0.05) is 12.2 Å². The van der Waals surface area contributed by atoms with E-state index in [4.69, 9.17) is 4.74 Å². The van der Waals surface area contributed by atoms with E-state index in [9.17, 15) is 9.59 Å². The minimum absolute atomic E-state index is 0.265. The number of carbonyl (C=O) groups is 2. The van der Waals surface area contributed by atoms with E-state index in [1.807, 2.05) is 31.2 Å². The molecule has 88 valence electrons. The summed E-state index contributed by atoms with van der Waals surface area (Å²) in [6.45, 7) is 1.82. The van der Waals surface area contributed by atoms with Crippen LogP contribution in [0.5, 0.6) is 5.75 Å². The molecule has 1 aromatic rings. The van der Waals surface area contributed by atoms with Gasteiger partial charge in [0.2, 0.25) is 0 Å². The largest absolute Gasteiger partial charge is 0.497 e. The molecule has 0 unspecified atom stereocenters. The number of benzene rings is 1. The van der Waals surface area contributed by atoms with Gasteiger partial charge in [-0.1, -0.05) is 12.1 Å². The van der Waals surface area contributed by atoms with E-state index in [0.29, 0.717) is 0 Å². The second-order valence-corrected chi connectivity index (χ2v) is 3.83. The van der Waals surface area contributed by atoms with Crippen LogP contribution in [0.4, 0.5) is 0 Å². The number of amides is 2. The number of rotatable bonds is 3. The van der Waals surface area contributed by atoms with E-state index in [1.165, 1.54) is 17.1 Å². The number of nitrogens with zero attached hydrogens (tertiary/aromatic N) is 1. The molecule has 1 atom stereocenters. The second kappa shape index (κ2) is 4.41. The molecule has 0 aromatic heterocycles. The van der Waals surface area contributed by atoms with Gasteiger partial charge in [0.05, 0.1) is 13.2 Å². The van der Waals surface area contributed by atoms with Crippen molar-refractivity contribution < 1.29 is 14.3 Å². The van der Waals surface area contributed by atoms with Crippen LogP contribution in [0, 0.1) is 0 Å². The standard InChI is InChI=1S/C13H13NO3/c1-9(14-12(15)7-8-13(14)16)10-3-5-11(17-2)6-4-10/h3-9H,1-2H3/t9-/m0/s1. The molecule has 0 saturated carbocycles. The van der Waals surface area contributed by atoms with E-state index in [2.05, 4.69) is 0 Å². The third kappa shape index (κ3) is 2.06. The Bertz CT molecular complexity index is 458. The molecule has 4 nitrogen and oxygen atoms in total. The van der Waals surface area contributed by atoms with Crippen LogP contribution in [0.25, 0.3) is 0 Å². The van der Waals surface area contributed by atoms with Gasteiger partial charge in [-0.25, -0.2) is 0 Å². The van der Waals surface area contributed by atoms with Gasteiger partial charge in [0.1, 0.15) is 5.75 Å². The van der Waals surface area contributed by atoms with Gasteiger partial charge < -0.3 is 4.74 Å². The minimum atomic E-state index is -0.268. The summed E-state index contributed by atoms with van der Waals surface area (Å²) in [5, 5.41) is 0. The molecule has 0 bridgehead atoms. The van der Waals surface area contributed by atoms with Crippen molar-refractivity contribution in [3.8, 4) is 5.75 Å². The lowest BCUT2D eigenvalue weighted by molar-refractivity contribution is -0.139. The van der Waals surface area contributed by atoms with Crippen LogP contribution in [-0.4, -0.2) is 23.8 Å². The predicted molar refractivity (Wildman–Crippen MR) is 62.4 cm³/mol. The topological polar surface area (TPSA) is 46.6 Å². The number of ether oxygens (including phenoxy) is 1. The average Bonchev–Trinajstić information content (AvgIpc) is 2.68. The van der Waals surface area contributed by atoms with Crippen LogP contribution in [0.15, 0.2) is 36.4 Å². The van der Waals surface area contributed by atoms with Crippen molar-refractivity contribution in [1.29, 1.82) is 0 Å². The highest BCUT2D eigenvalue weighted by Gasteiger charge is 2.29. The van der Waals surface area contributed by atoms with Crippen LogP contribution in [-0.2, 0) is 9.59 Å². The summed E-state index contributed by atoms with van der Waals surface area (Å²) in [7, 11) is 1.59. The maximum atomic E-state index is 11.5. The number of methoxy groups -OCH3 is 1. The zero-order chi connectivity index (χ0) is 12.4. The maximum absolute atomic E-state index is 11.5. The number of hydrogen-bond donors (Lipinski definition) is 0. The summed E-state index contributed by atoms with van der Waals surface area (Å²) >= 11 is 0. The van der Waals surface area contributed by atoms with Crippen LogP contribution in [0.1, 0.15) is 18.5 Å². The zero-order valence-electron chi connectivity index (χ0n) is 9.71. The molecule has 2 rings (SSSR count). The van der Waals surface area contributed by atoms with Crippen molar-refractivity contribution in [3.63, 3.8) is 0 Å². The molecule has 0 fully saturated rings. The summed E-state index contributed by atoms with van der Waals surface area (Å²) < 4.78 is 5.06. The molecule has 2 amide bonds. The van der Waals surface area contributed by atoms with Crippen molar-refractivity contribution in [1.82, 2.24) is 4.90 Å². The van der Waals surface area contributed by atoms with Crippen molar-refractivity contribution >= 4 is 11.8 Å². The molecule has 17 heavy (non-hydrogen) atoms. The van der Waals surface area contributed by atoms with Crippen LogP contribution >= 0.6 is 0 Å². The van der Waals surface area contributed by atoms with Crippen molar-refractivity contribution in [2.75, 3.05) is 7.11 Å². The van der Waals surface area contributed by atoms with Gasteiger partial charge in [-0.15, -0.1) is 0 Å². The Hall–Kier alpha value is -2.10. The third-order valence-corrected chi connectivity index (χ3v) is 2.83. The van der Waals surface area contributed by atoms with Crippen LogP contribution in [0.3, 0.4) is 0 Å². The SMILES string of the molecule is COc1ccc([C@H](C)N2C(=O)C=CC2=O)cc1. The lowest BCUT2D eigenvalue weighted by Gasteiger charge is -2.22. The molecular weight excluding hydrogens is 218 g/mol. The Morgan fingerprint density at radius 1 is 1.06 bits per heavy atom. The van der Waals surface area contributed by atoms with Gasteiger partial charge in [-0.05, 0) is 24.6 Å². The van der Waals surface area contributed by atoms with Crippen molar-refractivity contribution in [3.05, 3.63) is 42.0 Å². The molecule has 0 N–H and O–H groups in total. The molecule has 1 aliphatic rings. The third-order valence-electron chi connectivity index (χ3n) is 2.83. The first kappa shape index (κ1) is 11.4. The molecule has 0 saturated heterocycles. The van der Waals surface area contributed by atoms with Crippen molar-refractivity contribution in [2.24, 2.45) is 0 Å². The smallest absolute Gasteiger partial charge is 0.254 e. The molecule has 0 radical (unpaired) electrons. The molecule has 1 aliphatic heterocycles. The lowest BCUT2D eigenvalue weighted by Crippen LogP contribution is -2.32. The Balaban J connectivity index is 2.22. The molecular formula is C13H13NO3. The number of hydrogen-bond acceptors (Lipinski definition) is 3. The Morgan fingerprint density at radius 3 is 2.06 bits per heavy atom. The highest BCUT2D eigenvalue weighted by atomic mass is 16.5. The molecule has 0 spiro atoms. The second-order valence-electron chi connectivity index (χ2n) is 3.83. The maximum Gasteiger partial charge on any atom is 0.254 e. The molecule has 4 heteroatoms. The monoisotopic (exact) mass is 231 g/mol. The summed E-state index contributed by atoms with van der Waals surface area (Å²) in [5.41, 5.74) is 0.899. The minimum Gasteiger partial charge on any atom is -0.497 e. The van der Waals surface area contributed by atoms with Crippen LogP contribution < -0.4 is 4.74 Å². The average molecular weight is 231 g/mol. The fourth-order valence-corrected chi connectivity index (χ4v) is 1.83. The molecule has 0 aliphatic carbocycles. The van der Waals surface area contributed by atoms with Gasteiger partial charge in [0.25, 0.3) is 11.8 Å². The quantitative estimate of drug-likeness (QED) is 0.743. The first-order valence-corrected chi connectivity index (χ1v) is 5.32. The normalized spacial score (nSPS) is 16.5. The summed E-state index contributed by atoms with van der Waals surface area (Å²) in [4.78, 5) is 24.3. The van der Waals surface area contributed by atoms with E-state index in [1.54, 1.807) is 7.11 Å². The van der Waals surface area contributed by atoms with Crippen LogP contribution in [0.2, 0.25) is 0 Å². The summed E-state index contributed by atoms with van der Waals surface area (Å²) in [6, 6.07) is 7.05. The highest BCUT2D eigenvalue weighted by Crippen LogP contribution is 2.25. The highest BCUT2D eigenvalue weighted by molar-refractivity contribution is 6.13. The Morgan fingerprint density at radius 2 is 1.59 bits per heavy atom. The summed E-state index contributed by atoms with van der Waals surface area (Å²) in [6.07, 6.45) is 2.59. The van der Waals surface area contributed by atoms with Gasteiger partial charge in [-0.3, -0.25) is 14.5 Å². The lowest BCUT2D eigenvalue weighted by atomic mass is 10.1. The fraction of sp³-hybridized carbons (Fsp3) is 0.231.